The average molecular weight is 284 g/mol. The number of aryl methyl sites for hydroxylation is 2. The summed E-state index contributed by atoms with van der Waals surface area (Å²) in [5.41, 5.74) is 2.42. The fourth-order valence-electron chi connectivity index (χ4n) is 2.32. The van der Waals surface area contributed by atoms with E-state index in [-0.39, 0.29) is 0 Å². The lowest BCUT2D eigenvalue weighted by molar-refractivity contribution is 0.901. The van der Waals surface area contributed by atoms with Gasteiger partial charge in [0.2, 0.25) is 0 Å². The molecule has 1 heterocycles. The Hall–Kier alpha value is -2.10. The van der Waals surface area contributed by atoms with Crippen LogP contribution in [0.4, 0.5) is 17.3 Å². The number of benzene rings is 1. The summed E-state index contributed by atoms with van der Waals surface area (Å²) in [6.45, 7) is 10.1. The molecular weight excluding hydrogens is 260 g/mol. The maximum Gasteiger partial charge on any atom is 0.138 e. The van der Waals surface area contributed by atoms with Crippen molar-refractivity contribution in [2.24, 2.45) is 0 Å². The molecule has 0 amide bonds. The van der Waals surface area contributed by atoms with Crippen molar-refractivity contribution in [3.05, 3.63) is 41.7 Å². The first-order valence-corrected chi connectivity index (χ1v) is 7.64. The minimum absolute atomic E-state index is 0.831. The highest BCUT2D eigenvalue weighted by Gasteiger charge is 2.12. The molecule has 2 rings (SSSR count). The summed E-state index contributed by atoms with van der Waals surface area (Å²) in [6, 6.07) is 10.5. The normalized spacial score (nSPS) is 10.5. The highest BCUT2D eigenvalue weighted by atomic mass is 15.2. The molecule has 0 spiro atoms. The van der Waals surface area contributed by atoms with E-state index >= 15 is 0 Å². The Labute approximate surface area is 127 Å². The molecule has 0 aliphatic heterocycles. The van der Waals surface area contributed by atoms with Crippen molar-refractivity contribution in [3.8, 4) is 0 Å². The second-order valence-electron chi connectivity index (χ2n) is 4.99. The molecule has 1 N–H and O–H groups in total. The van der Waals surface area contributed by atoms with Crippen LogP contribution in [0.3, 0.4) is 0 Å². The van der Waals surface area contributed by atoms with E-state index in [0.717, 1.165) is 37.0 Å². The van der Waals surface area contributed by atoms with Crippen LogP contribution in [0.5, 0.6) is 0 Å². The zero-order chi connectivity index (χ0) is 15.2. The van der Waals surface area contributed by atoms with E-state index in [1.807, 2.05) is 6.07 Å². The zero-order valence-electron chi connectivity index (χ0n) is 13.3. The van der Waals surface area contributed by atoms with Gasteiger partial charge in [-0.2, -0.15) is 0 Å². The van der Waals surface area contributed by atoms with E-state index in [9.17, 15) is 0 Å². The van der Waals surface area contributed by atoms with Gasteiger partial charge in [0.05, 0.1) is 0 Å². The predicted molar refractivity (Wildman–Crippen MR) is 89.4 cm³/mol. The monoisotopic (exact) mass is 284 g/mol. The van der Waals surface area contributed by atoms with Crippen LogP contribution in [0.1, 0.15) is 32.2 Å². The molecule has 112 valence electrons. The summed E-state index contributed by atoms with van der Waals surface area (Å²) in [6.07, 6.45) is 0.831. The van der Waals surface area contributed by atoms with Gasteiger partial charge >= 0.3 is 0 Å². The van der Waals surface area contributed by atoms with Crippen LogP contribution in [-0.2, 0) is 6.42 Å². The molecular formula is C17H24N4. The predicted octanol–water partition coefficient (Wildman–Crippen LogP) is 3.94. The molecule has 0 atom stereocenters. The molecule has 0 unspecified atom stereocenters. The van der Waals surface area contributed by atoms with E-state index < -0.39 is 0 Å². The number of hydrogen-bond donors (Lipinski definition) is 1. The van der Waals surface area contributed by atoms with Gasteiger partial charge in [-0.1, -0.05) is 19.1 Å². The Kier molecular flexibility index (Phi) is 5.14. The molecule has 4 heteroatoms. The molecule has 0 fully saturated rings. The van der Waals surface area contributed by atoms with Crippen LogP contribution >= 0.6 is 0 Å². The van der Waals surface area contributed by atoms with Crippen LogP contribution in [0, 0.1) is 6.92 Å². The Morgan fingerprint density at radius 1 is 1.10 bits per heavy atom. The first kappa shape index (κ1) is 15.3. The van der Waals surface area contributed by atoms with Gasteiger partial charge in [-0.15, -0.1) is 0 Å². The summed E-state index contributed by atoms with van der Waals surface area (Å²) in [5, 5.41) is 3.29. The van der Waals surface area contributed by atoms with Crippen LogP contribution < -0.4 is 10.2 Å². The largest absolute Gasteiger partial charge is 0.370 e. The lowest BCUT2D eigenvalue weighted by atomic mass is 10.2. The van der Waals surface area contributed by atoms with Crippen molar-refractivity contribution in [3.63, 3.8) is 0 Å². The summed E-state index contributed by atoms with van der Waals surface area (Å²) in [5.74, 6) is 2.71. The van der Waals surface area contributed by atoms with Crippen molar-refractivity contribution in [1.82, 2.24) is 9.97 Å². The topological polar surface area (TPSA) is 41.0 Å². The third-order valence-corrected chi connectivity index (χ3v) is 3.34. The van der Waals surface area contributed by atoms with Gasteiger partial charge in [0.1, 0.15) is 17.5 Å². The highest BCUT2D eigenvalue weighted by molar-refractivity contribution is 5.63. The summed E-state index contributed by atoms with van der Waals surface area (Å²) in [7, 11) is 0. The third kappa shape index (κ3) is 3.72. The molecule has 0 radical (unpaired) electrons. The number of nitrogens with one attached hydrogen (secondary N) is 1. The van der Waals surface area contributed by atoms with Gasteiger partial charge in [-0.05, 0) is 38.5 Å². The SMILES string of the molecule is CCNc1cc(N(CC)c2cccc(C)c2)nc(CC)n1. The molecule has 1 aromatic heterocycles. The molecule has 0 aliphatic rings. The lowest BCUT2D eigenvalue weighted by Crippen LogP contribution is -2.19. The summed E-state index contributed by atoms with van der Waals surface area (Å²) < 4.78 is 0. The minimum atomic E-state index is 0.831. The maximum atomic E-state index is 4.69. The second-order valence-corrected chi connectivity index (χ2v) is 4.99. The summed E-state index contributed by atoms with van der Waals surface area (Å²) >= 11 is 0. The van der Waals surface area contributed by atoms with Gasteiger partial charge in [-0.25, -0.2) is 9.97 Å². The molecule has 1 aromatic carbocycles. The van der Waals surface area contributed by atoms with Gasteiger partial charge in [0, 0.05) is 31.3 Å². The number of aromatic nitrogens is 2. The quantitative estimate of drug-likeness (QED) is 0.872. The second kappa shape index (κ2) is 7.07. The van der Waals surface area contributed by atoms with Crippen molar-refractivity contribution >= 4 is 17.3 Å². The zero-order valence-corrected chi connectivity index (χ0v) is 13.3. The Morgan fingerprint density at radius 2 is 1.90 bits per heavy atom. The molecule has 21 heavy (non-hydrogen) atoms. The standard InChI is InChI=1S/C17H24N4/c1-5-15-19-16(18-6-2)12-17(20-15)21(7-3)14-10-8-9-13(4)11-14/h8-12H,5-7H2,1-4H3,(H,18,19,20). The van der Waals surface area contributed by atoms with E-state index in [4.69, 9.17) is 0 Å². The van der Waals surface area contributed by atoms with Crippen molar-refractivity contribution < 1.29 is 0 Å². The smallest absolute Gasteiger partial charge is 0.138 e. The molecule has 0 saturated heterocycles. The molecule has 0 bridgehead atoms. The molecule has 4 nitrogen and oxygen atoms in total. The third-order valence-electron chi connectivity index (χ3n) is 3.34. The van der Waals surface area contributed by atoms with E-state index in [1.165, 1.54) is 11.3 Å². The van der Waals surface area contributed by atoms with Crippen molar-refractivity contribution in [2.75, 3.05) is 23.3 Å². The Bertz CT molecular complexity index is 595. The number of anilines is 3. The van der Waals surface area contributed by atoms with Gasteiger partial charge in [-0.3, -0.25) is 0 Å². The molecule has 0 saturated carbocycles. The first-order valence-electron chi connectivity index (χ1n) is 7.64. The van der Waals surface area contributed by atoms with Gasteiger partial charge < -0.3 is 10.2 Å². The van der Waals surface area contributed by atoms with E-state index in [1.54, 1.807) is 0 Å². The number of hydrogen-bond acceptors (Lipinski definition) is 4. The van der Waals surface area contributed by atoms with Crippen LogP contribution in [-0.4, -0.2) is 23.1 Å². The Balaban J connectivity index is 2.43. The Morgan fingerprint density at radius 3 is 2.52 bits per heavy atom. The van der Waals surface area contributed by atoms with E-state index in [0.29, 0.717) is 0 Å². The molecule has 2 aromatic rings. The van der Waals surface area contributed by atoms with Gasteiger partial charge in [0.15, 0.2) is 0 Å². The van der Waals surface area contributed by atoms with Crippen LogP contribution in [0.25, 0.3) is 0 Å². The number of nitrogens with zero attached hydrogens (tertiary/aromatic N) is 3. The maximum absolute atomic E-state index is 4.69. The van der Waals surface area contributed by atoms with Crippen molar-refractivity contribution in [2.45, 2.75) is 34.1 Å². The van der Waals surface area contributed by atoms with Crippen LogP contribution in [0.2, 0.25) is 0 Å². The molecule has 0 aliphatic carbocycles. The lowest BCUT2D eigenvalue weighted by Gasteiger charge is -2.23. The average Bonchev–Trinajstić information content (AvgIpc) is 2.48. The fourth-order valence-corrected chi connectivity index (χ4v) is 2.32. The summed E-state index contributed by atoms with van der Waals surface area (Å²) in [4.78, 5) is 11.4. The van der Waals surface area contributed by atoms with E-state index in [2.05, 4.69) is 72.1 Å². The fraction of sp³-hybridized carbons (Fsp3) is 0.412. The minimum Gasteiger partial charge on any atom is -0.370 e. The van der Waals surface area contributed by atoms with Gasteiger partial charge in [0.25, 0.3) is 0 Å². The van der Waals surface area contributed by atoms with Crippen LogP contribution in [0.15, 0.2) is 30.3 Å². The van der Waals surface area contributed by atoms with Crippen molar-refractivity contribution in [1.29, 1.82) is 0 Å². The number of rotatable bonds is 6. The highest BCUT2D eigenvalue weighted by Crippen LogP contribution is 2.26. The first-order chi connectivity index (χ1) is 10.2.